The molecule has 0 fully saturated rings. The van der Waals surface area contributed by atoms with Crippen molar-refractivity contribution in [2.24, 2.45) is 0 Å². The summed E-state index contributed by atoms with van der Waals surface area (Å²) in [6, 6.07) is 13.5. The normalized spacial score (nSPS) is 10.3. The summed E-state index contributed by atoms with van der Waals surface area (Å²) in [4.78, 5) is 8.63. The van der Waals surface area contributed by atoms with Gasteiger partial charge in [-0.3, -0.25) is 0 Å². The second kappa shape index (κ2) is 7.31. The first-order chi connectivity index (χ1) is 11.3. The summed E-state index contributed by atoms with van der Waals surface area (Å²) in [5.74, 6) is 2.98. The van der Waals surface area contributed by atoms with Gasteiger partial charge in [0, 0.05) is 18.3 Å². The van der Waals surface area contributed by atoms with Crippen LogP contribution in [0.4, 0.5) is 11.8 Å². The fourth-order valence-corrected chi connectivity index (χ4v) is 2.16. The van der Waals surface area contributed by atoms with Gasteiger partial charge in [0.15, 0.2) is 0 Å². The topological polar surface area (TPSA) is 72.2 Å². The molecule has 6 nitrogen and oxygen atoms in total. The molecule has 118 valence electrons. The molecule has 0 radical (unpaired) electrons. The Balaban J connectivity index is 1.61. The predicted molar refractivity (Wildman–Crippen MR) is 88.4 cm³/mol. The smallest absolute Gasteiger partial charge is 0.224 e. The number of para-hydroxylation sites is 1. The van der Waals surface area contributed by atoms with Gasteiger partial charge in [-0.15, -0.1) is 0 Å². The van der Waals surface area contributed by atoms with Crippen molar-refractivity contribution in [2.75, 3.05) is 17.7 Å². The molecule has 0 atom stereocenters. The lowest BCUT2D eigenvalue weighted by Gasteiger charge is -2.10. The Morgan fingerprint density at radius 1 is 1.04 bits per heavy atom. The van der Waals surface area contributed by atoms with Crippen LogP contribution in [0.5, 0.6) is 5.75 Å². The fourth-order valence-electron chi connectivity index (χ4n) is 2.16. The minimum atomic E-state index is 0.545. The van der Waals surface area contributed by atoms with E-state index < -0.39 is 0 Å². The Bertz CT molecular complexity index is 744. The Hall–Kier alpha value is -3.02. The maximum Gasteiger partial charge on any atom is 0.224 e. The number of aromatic nitrogens is 2. The molecular weight excluding hydrogens is 292 g/mol. The molecule has 0 saturated carbocycles. The highest BCUT2D eigenvalue weighted by Gasteiger charge is 2.04. The first-order valence-electron chi connectivity index (χ1n) is 7.30. The van der Waals surface area contributed by atoms with Crippen molar-refractivity contribution in [3.8, 4) is 5.75 Å². The van der Waals surface area contributed by atoms with Crippen molar-refractivity contribution < 1.29 is 9.15 Å². The maximum atomic E-state index is 5.34. The monoisotopic (exact) mass is 310 g/mol. The van der Waals surface area contributed by atoms with Gasteiger partial charge in [0.25, 0.3) is 0 Å². The summed E-state index contributed by atoms with van der Waals surface area (Å²) < 4.78 is 10.6. The van der Waals surface area contributed by atoms with Crippen molar-refractivity contribution >= 4 is 11.8 Å². The number of benzene rings is 1. The Kier molecular flexibility index (Phi) is 4.73. The number of ether oxygens (including phenoxy) is 1. The number of hydrogen-bond donors (Lipinski definition) is 2. The van der Waals surface area contributed by atoms with Gasteiger partial charge < -0.3 is 19.8 Å². The molecule has 3 rings (SSSR count). The standard InChI is InChI=1S/C17H18N4O2/c1-22-15-7-3-2-5-13(15)11-19-16-8-9-18-17(21-16)20-12-14-6-4-10-23-14/h2-10H,11-12H2,1H3,(H2,18,19,20,21). The molecule has 0 bridgehead atoms. The second-order valence-electron chi connectivity index (χ2n) is 4.86. The molecule has 1 aromatic carbocycles. The summed E-state index contributed by atoms with van der Waals surface area (Å²) in [5, 5.41) is 6.40. The van der Waals surface area contributed by atoms with E-state index in [0.29, 0.717) is 19.0 Å². The van der Waals surface area contributed by atoms with Crippen LogP contribution >= 0.6 is 0 Å². The van der Waals surface area contributed by atoms with Gasteiger partial charge in [0.05, 0.1) is 19.9 Å². The highest BCUT2D eigenvalue weighted by Crippen LogP contribution is 2.18. The van der Waals surface area contributed by atoms with E-state index in [2.05, 4.69) is 20.6 Å². The van der Waals surface area contributed by atoms with Gasteiger partial charge in [-0.05, 0) is 24.3 Å². The van der Waals surface area contributed by atoms with Gasteiger partial charge in [0.1, 0.15) is 17.3 Å². The van der Waals surface area contributed by atoms with Crippen molar-refractivity contribution in [2.45, 2.75) is 13.1 Å². The van der Waals surface area contributed by atoms with Crippen LogP contribution < -0.4 is 15.4 Å². The van der Waals surface area contributed by atoms with Gasteiger partial charge in [-0.25, -0.2) is 4.98 Å². The summed E-state index contributed by atoms with van der Waals surface area (Å²) in [6.45, 7) is 1.17. The highest BCUT2D eigenvalue weighted by molar-refractivity contribution is 5.42. The lowest BCUT2D eigenvalue weighted by Crippen LogP contribution is -2.07. The van der Waals surface area contributed by atoms with Gasteiger partial charge in [0.2, 0.25) is 5.95 Å². The largest absolute Gasteiger partial charge is 0.496 e. The van der Waals surface area contributed by atoms with Crippen LogP contribution in [0.2, 0.25) is 0 Å². The molecule has 0 aliphatic carbocycles. The average Bonchev–Trinajstić information content (AvgIpc) is 3.12. The van der Waals surface area contributed by atoms with E-state index in [1.54, 1.807) is 19.6 Å². The average molecular weight is 310 g/mol. The highest BCUT2D eigenvalue weighted by atomic mass is 16.5. The van der Waals surface area contributed by atoms with Crippen LogP contribution in [-0.2, 0) is 13.1 Å². The number of rotatable bonds is 7. The number of anilines is 2. The lowest BCUT2D eigenvalue weighted by molar-refractivity contribution is 0.410. The van der Waals surface area contributed by atoms with E-state index in [1.807, 2.05) is 42.5 Å². The zero-order valence-corrected chi connectivity index (χ0v) is 12.8. The molecule has 0 unspecified atom stereocenters. The number of furan rings is 1. The summed E-state index contributed by atoms with van der Waals surface area (Å²) in [6.07, 6.45) is 3.35. The predicted octanol–water partition coefficient (Wildman–Crippen LogP) is 3.30. The Morgan fingerprint density at radius 2 is 1.96 bits per heavy atom. The number of methoxy groups -OCH3 is 1. The van der Waals surface area contributed by atoms with E-state index in [1.165, 1.54) is 0 Å². The van der Waals surface area contributed by atoms with Crippen LogP contribution in [0.15, 0.2) is 59.3 Å². The molecule has 2 aromatic heterocycles. The molecule has 3 aromatic rings. The fraction of sp³-hybridized carbons (Fsp3) is 0.176. The SMILES string of the molecule is COc1ccccc1CNc1ccnc(NCc2ccco2)n1. The number of nitrogens with zero attached hydrogens (tertiary/aromatic N) is 2. The van der Waals surface area contributed by atoms with Crippen LogP contribution in [0.1, 0.15) is 11.3 Å². The molecule has 0 amide bonds. The Labute approximate surface area is 134 Å². The summed E-state index contributed by atoms with van der Waals surface area (Å²) in [5.41, 5.74) is 1.07. The summed E-state index contributed by atoms with van der Waals surface area (Å²) >= 11 is 0. The van der Waals surface area contributed by atoms with Crippen molar-refractivity contribution in [3.63, 3.8) is 0 Å². The van der Waals surface area contributed by atoms with Crippen LogP contribution in [-0.4, -0.2) is 17.1 Å². The third kappa shape index (κ3) is 4.00. The molecule has 2 N–H and O–H groups in total. The van der Waals surface area contributed by atoms with Gasteiger partial charge in [-0.1, -0.05) is 18.2 Å². The Morgan fingerprint density at radius 3 is 2.78 bits per heavy atom. The number of hydrogen-bond acceptors (Lipinski definition) is 6. The van der Waals surface area contributed by atoms with Gasteiger partial charge >= 0.3 is 0 Å². The zero-order chi connectivity index (χ0) is 15.9. The number of nitrogens with one attached hydrogen (secondary N) is 2. The lowest BCUT2D eigenvalue weighted by atomic mass is 10.2. The minimum Gasteiger partial charge on any atom is -0.496 e. The first-order valence-corrected chi connectivity index (χ1v) is 7.30. The molecule has 0 aliphatic rings. The van der Waals surface area contributed by atoms with Gasteiger partial charge in [-0.2, -0.15) is 4.98 Å². The van der Waals surface area contributed by atoms with Crippen molar-refractivity contribution in [1.82, 2.24) is 9.97 Å². The van der Waals surface area contributed by atoms with E-state index in [4.69, 9.17) is 9.15 Å². The molecule has 6 heteroatoms. The van der Waals surface area contributed by atoms with Crippen LogP contribution in [0.3, 0.4) is 0 Å². The first kappa shape index (κ1) is 14.9. The minimum absolute atomic E-state index is 0.545. The van der Waals surface area contributed by atoms with Crippen molar-refractivity contribution in [3.05, 3.63) is 66.2 Å². The molecular formula is C17H18N4O2. The van der Waals surface area contributed by atoms with E-state index in [-0.39, 0.29) is 0 Å². The zero-order valence-electron chi connectivity index (χ0n) is 12.8. The van der Waals surface area contributed by atoms with Crippen LogP contribution in [0.25, 0.3) is 0 Å². The van der Waals surface area contributed by atoms with E-state index in [0.717, 1.165) is 22.9 Å². The second-order valence-corrected chi connectivity index (χ2v) is 4.86. The van der Waals surface area contributed by atoms with Crippen molar-refractivity contribution in [1.29, 1.82) is 0 Å². The molecule has 0 saturated heterocycles. The van der Waals surface area contributed by atoms with Crippen LogP contribution in [0, 0.1) is 0 Å². The van der Waals surface area contributed by atoms with E-state index >= 15 is 0 Å². The quantitative estimate of drug-likeness (QED) is 0.697. The maximum absolute atomic E-state index is 5.34. The molecule has 0 aliphatic heterocycles. The molecule has 0 spiro atoms. The third-order valence-electron chi connectivity index (χ3n) is 3.31. The third-order valence-corrected chi connectivity index (χ3v) is 3.31. The summed E-state index contributed by atoms with van der Waals surface area (Å²) in [7, 11) is 1.67. The van der Waals surface area contributed by atoms with E-state index in [9.17, 15) is 0 Å². The molecule has 2 heterocycles. The molecule has 23 heavy (non-hydrogen) atoms.